The normalized spacial score (nSPS) is 19.2. The molecule has 0 radical (unpaired) electrons. The fourth-order valence-electron chi connectivity index (χ4n) is 2.44. The van der Waals surface area contributed by atoms with E-state index in [-0.39, 0.29) is 11.5 Å². The van der Waals surface area contributed by atoms with Crippen molar-refractivity contribution in [2.75, 3.05) is 5.75 Å². The monoisotopic (exact) mass is 278 g/mol. The van der Waals surface area contributed by atoms with E-state index in [1.54, 1.807) is 11.8 Å². The van der Waals surface area contributed by atoms with Crippen LogP contribution in [0.4, 0.5) is 8.78 Å². The van der Waals surface area contributed by atoms with Crippen LogP contribution in [0.5, 0.6) is 0 Å². The molecular weight excluding hydrogens is 266 g/mol. The third-order valence-electron chi connectivity index (χ3n) is 3.41. The van der Waals surface area contributed by atoms with Crippen molar-refractivity contribution in [2.45, 2.75) is 16.9 Å². The molecule has 1 heterocycles. The predicted octanol–water partition coefficient (Wildman–Crippen LogP) is 3.89. The van der Waals surface area contributed by atoms with Crippen molar-refractivity contribution >= 4 is 11.8 Å². The molecule has 0 saturated heterocycles. The quantitative estimate of drug-likeness (QED) is 0.899. The van der Waals surface area contributed by atoms with Gasteiger partial charge in [-0.25, -0.2) is 8.78 Å². The highest BCUT2D eigenvalue weighted by Gasteiger charge is 2.32. The van der Waals surface area contributed by atoms with Gasteiger partial charge in [0, 0.05) is 16.6 Å². The maximum Gasteiger partial charge on any atom is 0.131 e. The summed E-state index contributed by atoms with van der Waals surface area (Å²) in [5.74, 6) is -1.02. The third-order valence-corrected chi connectivity index (χ3v) is 4.62. The predicted molar refractivity (Wildman–Crippen MR) is 71.2 cm³/mol. The summed E-state index contributed by atoms with van der Waals surface area (Å²) in [6.45, 7) is 0. The van der Waals surface area contributed by atoms with Crippen molar-refractivity contribution in [3.05, 3.63) is 65.2 Å². The lowest BCUT2D eigenvalue weighted by Gasteiger charge is -2.20. The zero-order valence-corrected chi connectivity index (χ0v) is 10.8. The van der Waals surface area contributed by atoms with Gasteiger partial charge >= 0.3 is 0 Å². The summed E-state index contributed by atoms with van der Waals surface area (Å²) in [7, 11) is 0. The van der Waals surface area contributed by atoms with E-state index in [4.69, 9.17) is 0 Å². The lowest BCUT2D eigenvalue weighted by atomic mass is 9.90. The highest BCUT2D eigenvalue weighted by Crippen LogP contribution is 2.46. The Kier molecular flexibility index (Phi) is 3.29. The zero-order valence-electron chi connectivity index (χ0n) is 10.0. The van der Waals surface area contributed by atoms with Crippen LogP contribution in [0.2, 0.25) is 0 Å². The Morgan fingerprint density at radius 1 is 1.05 bits per heavy atom. The summed E-state index contributed by atoms with van der Waals surface area (Å²) in [5.41, 5.74) is 0.729. The summed E-state index contributed by atoms with van der Waals surface area (Å²) < 4.78 is 27.4. The van der Waals surface area contributed by atoms with Crippen LogP contribution in [0, 0.1) is 11.6 Å². The van der Waals surface area contributed by atoms with Crippen molar-refractivity contribution < 1.29 is 13.9 Å². The Morgan fingerprint density at radius 2 is 1.74 bits per heavy atom. The highest BCUT2D eigenvalue weighted by molar-refractivity contribution is 7.99. The van der Waals surface area contributed by atoms with E-state index in [2.05, 4.69) is 0 Å². The molecule has 19 heavy (non-hydrogen) atoms. The van der Waals surface area contributed by atoms with Gasteiger partial charge in [-0.2, -0.15) is 0 Å². The molecule has 4 heteroatoms. The van der Waals surface area contributed by atoms with E-state index in [1.807, 2.05) is 24.3 Å². The van der Waals surface area contributed by atoms with Crippen molar-refractivity contribution in [3.8, 4) is 0 Å². The van der Waals surface area contributed by atoms with Gasteiger partial charge in [-0.1, -0.05) is 24.3 Å². The van der Waals surface area contributed by atoms with Gasteiger partial charge in [0.2, 0.25) is 0 Å². The molecule has 0 aromatic heterocycles. The molecule has 1 N–H and O–H groups in total. The second-order valence-corrected chi connectivity index (χ2v) is 5.60. The van der Waals surface area contributed by atoms with Gasteiger partial charge in [0.25, 0.3) is 0 Å². The number of aliphatic hydroxyl groups excluding tert-OH is 1. The number of benzene rings is 2. The topological polar surface area (TPSA) is 20.2 Å². The average molecular weight is 278 g/mol. The van der Waals surface area contributed by atoms with Crippen LogP contribution in [0.1, 0.15) is 23.1 Å². The second kappa shape index (κ2) is 4.94. The summed E-state index contributed by atoms with van der Waals surface area (Å²) in [4.78, 5) is 1.07. The Balaban J connectivity index is 2.00. The molecule has 0 bridgehead atoms. The second-order valence-electron chi connectivity index (χ2n) is 4.54. The minimum absolute atomic E-state index is 0.232. The molecule has 0 saturated carbocycles. The molecule has 2 atom stereocenters. The Hall–Kier alpha value is -1.39. The smallest absolute Gasteiger partial charge is 0.131 e. The summed E-state index contributed by atoms with van der Waals surface area (Å²) >= 11 is 1.61. The van der Waals surface area contributed by atoms with Crippen LogP contribution < -0.4 is 0 Å². The maximum atomic E-state index is 13.7. The SMILES string of the molecule is OC(c1c(F)cccc1F)C1CSc2ccccc21. The minimum atomic E-state index is -1.16. The van der Waals surface area contributed by atoms with E-state index < -0.39 is 17.7 Å². The molecular formula is C15H12F2OS. The van der Waals surface area contributed by atoms with E-state index >= 15 is 0 Å². The van der Waals surface area contributed by atoms with Crippen molar-refractivity contribution in [1.29, 1.82) is 0 Å². The van der Waals surface area contributed by atoms with Gasteiger partial charge < -0.3 is 5.11 Å². The molecule has 1 aliphatic heterocycles. The lowest BCUT2D eigenvalue weighted by molar-refractivity contribution is 0.144. The van der Waals surface area contributed by atoms with Crippen molar-refractivity contribution in [3.63, 3.8) is 0 Å². The number of fused-ring (bicyclic) bond motifs is 1. The number of halogens is 2. The van der Waals surface area contributed by atoms with E-state index in [9.17, 15) is 13.9 Å². The van der Waals surface area contributed by atoms with Gasteiger partial charge in [-0.05, 0) is 23.8 Å². The van der Waals surface area contributed by atoms with E-state index in [0.717, 1.165) is 10.5 Å². The number of rotatable bonds is 2. The zero-order chi connectivity index (χ0) is 13.4. The van der Waals surface area contributed by atoms with E-state index in [0.29, 0.717) is 5.75 Å². The number of hydrogen-bond donors (Lipinski definition) is 1. The van der Waals surface area contributed by atoms with Gasteiger partial charge in [0.1, 0.15) is 11.6 Å². The fraction of sp³-hybridized carbons (Fsp3) is 0.200. The highest BCUT2D eigenvalue weighted by atomic mass is 32.2. The third kappa shape index (κ3) is 2.15. The molecule has 0 spiro atoms. The molecule has 2 aromatic rings. The molecule has 1 aliphatic rings. The molecule has 1 nitrogen and oxygen atoms in total. The first-order valence-corrected chi connectivity index (χ1v) is 7.00. The van der Waals surface area contributed by atoms with Gasteiger partial charge in [-0.3, -0.25) is 0 Å². The van der Waals surface area contributed by atoms with E-state index in [1.165, 1.54) is 18.2 Å². The van der Waals surface area contributed by atoms with Gasteiger partial charge in [0.15, 0.2) is 0 Å². The van der Waals surface area contributed by atoms with Crippen LogP contribution >= 0.6 is 11.8 Å². The number of aliphatic hydroxyl groups is 1. The molecule has 3 rings (SSSR count). The van der Waals surface area contributed by atoms with Crippen LogP contribution in [-0.2, 0) is 0 Å². The molecule has 2 aromatic carbocycles. The molecule has 2 unspecified atom stereocenters. The van der Waals surface area contributed by atoms with Crippen LogP contribution in [0.3, 0.4) is 0 Å². The molecule has 0 amide bonds. The Bertz CT molecular complexity index is 595. The van der Waals surface area contributed by atoms with Crippen LogP contribution in [0.15, 0.2) is 47.4 Å². The summed E-state index contributed by atoms with van der Waals surface area (Å²) in [6, 6.07) is 11.3. The first-order chi connectivity index (χ1) is 9.18. The lowest BCUT2D eigenvalue weighted by Crippen LogP contribution is -2.13. The van der Waals surface area contributed by atoms with Gasteiger partial charge in [0.05, 0.1) is 11.7 Å². The molecule has 0 aliphatic carbocycles. The van der Waals surface area contributed by atoms with Crippen LogP contribution in [-0.4, -0.2) is 10.9 Å². The standard InChI is InChI=1S/C15H12F2OS/c16-11-5-3-6-12(17)14(11)15(18)10-8-19-13-7-2-1-4-9(10)13/h1-7,10,15,18H,8H2. The molecule has 98 valence electrons. The largest absolute Gasteiger partial charge is 0.388 e. The summed E-state index contributed by atoms with van der Waals surface area (Å²) in [6.07, 6.45) is -1.16. The maximum absolute atomic E-state index is 13.7. The molecule has 0 fully saturated rings. The first kappa shape index (κ1) is 12.6. The van der Waals surface area contributed by atoms with Gasteiger partial charge in [-0.15, -0.1) is 11.8 Å². The average Bonchev–Trinajstić information content (AvgIpc) is 2.82. The summed E-state index contributed by atoms with van der Waals surface area (Å²) in [5, 5.41) is 10.3. The number of hydrogen-bond acceptors (Lipinski definition) is 2. The van der Waals surface area contributed by atoms with Crippen molar-refractivity contribution in [1.82, 2.24) is 0 Å². The minimum Gasteiger partial charge on any atom is -0.388 e. The van der Waals surface area contributed by atoms with Crippen LogP contribution in [0.25, 0.3) is 0 Å². The fourth-order valence-corrected chi connectivity index (χ4v) is 3.73. The van der Waals surface area contributed by atoms with Crippen molar-refractivity contribution in [2.24, 2.45) is 0 Å². The number of thioether (sulfide) groups is 1. The first-order valence-electron chi connectivity index (χ1n) is 6.02. The Labute approximate surface area is 114 Å². The Morgan fingerprint density at radius 3 is 2.47 bits per heavy atom.